The molecule has 2 heterocycles. The summed E-state index contributed by atoms with van der Waals surface area (Å²) in [6.45, 7) is 0. The zero-order valence-electron chi connectivity index (χ0n) is 29.6. The molecule has 2 aliphatic heterocycles. The maximum atomic E-state index is 14.3. The van der Waals surface area contributed by atoms with E-state index in [1.807, 2.05) is 12.1 Å². The van der Waals surface area contributed by atoms with Gasteiger partial charge in [0.2, 0.25) is 5.69 Å². The number of nitrogens with zero attached hydrogens (tertiary/aromatic N) is 2. The lowest BCUT2D eigenvalue weighted by Gasteiger charge is -2.34. The summed E-state index contributed by atoms with van der Waals surface area (Å²) in [6.07, 6.45) is 14.9. The van der Waals surface area contributed by atoms with Crippen LogP contribution in [0.15, 0.2) is 151 Å². The Morgan fingerprint density at radius 1 is 0.667 bits per heavy atom. The molecule has 0 saturated heterocycles. The minimum atomic E-state index is -0.387. The van der Waals surface area contributed by atoms with Crippen LogP contribution in [-0.2, 0) is 23.7 Å². The topological polar surface area (TPSA) is 6.25 Å². The monoisotopic (exact) mass is 667 g/mol. The molecule has 9 rings (SSSR count). The number of halogens is 1. The van der Waals surface area contributed by atoms with Gasteiger partial charge in [0.1, 0.15) is 12.9 Å². The van der Waals surface area contributed by atoms with E-state index in [-0.39, 0.29) is 16.6 Å². The number of anilines is 1. The van der Waals surface area contributed by atoms with Crippen molar-refractivity contribution < 1.29 is 8.97 Å². The van der Waals surface area contributed by atoms with Gasteiger partial charge in [0.25, 0.3) is 0 Å². The van der Waals surface area contributed by atoms with Crippen molar-refractivity contribution in [2.45, 2.75) is 55.8 Å². The minimum absolute atomic E-state index is 0.00812. The number of allylic oxidation sites excluding steroid dienone is 4. The van der Waals surface area contributed by atoms with Gasteiger partial charge in [-0.1, -0.05) is 122 Å². The molecule has 1 aliphatic carbocycles. The summed E-state index contributed by atoms with van der Waals surface area (Å²) in [7, 11) is 4.49. The van der Waals surface area contributed by atoms with Crippen LogP contribution in [0.1, 0.15) is 54.4 Å². The van der Waals surface area contributed by atoms with Gasteiger partial charge in [0.15, 0.2) is 5.71 Å². The summed E-state index contributed by atoms with van der Waals surface area (Å²) in [5, 5.41) is 5.24. The van der Waals surface area contributed by atoms with Crippen LogP contribution < -0.4 is 4.90 Å². The molecule has 1 atom stereocenters. The first-order valence-corrected chi connectivity index (χ1v) is 18.6. The van der Waals surface area contributed by atoms with E-state index in [0.29, 0.717) is 0 Å². The van der Waals surface area contributed by atoms with Crippen molar-refractivity contribution in [3.8, 4) is 0 Å². The Labute approximate surface area is 300 Å². The van der Waals surface area contributed by atoms with Crippen LogP contribution in [0.3, 0.4) is 0 Å². The SMILES string of the molecule is CN1C(=CC=CC2=[N+](C)c3ccc4ccccc4c3C23CCCCC3)C(Cc2ccccc2)(Cc2ccc(F)cc2)c2c1ccc1ccccc21. The summed E-state index contributed by atoms with van der Waals surface area (Å²) in [4.78, 5) is 2.42. The molecule has 1 saturated carbocycles. The van der Waals surface area contributed by atoms with Crippen molar-refractivity contribution in [2.75, 3.05) is 19.0 Å². The minimum Gasteiger partial charge on any atom is -0.347 e. The van der Waals surface area contributed by atoms with Crippen LogP contribution in [0.25, 0.3) is 21.5 Å². The highest BCUT2D eigenvalue weighted by Crippen LogP contribution is 2.54. The third kappa shape index (κ3) is 5.08. The largest absolute Gasteiger partial charge is 0.347 e. The number of hydrogen-bond acceptors (Lipinski definition) is 1. The number of rotatable bonds is 6. The molecule has 0 radical (unpaired) electrons. The predicted molar refractivity (Wildman–Crippen MR) is 211 cm³/mol. The number of benzene rings is 6. The van der Waals surface area contributed by atoms with Gasteiger partial charge in [-0.2, -0.15) is 4.58 Å². The van der Waals surface area contributed by atoms with Gasteiger partial charge in [-0.3, -0.25) is 0 Å². The molecule has 0 aromatic heterocycles. The predicted octanol–water partition coefficient (Wildman–Crippen LogP) is 11.4. The molecule has 0 N–H and O–H groups in total. The zero-order chi connectivity index (χ0) is 34.6. The highest BCUT2D eigenvalue weighted by molar-refractivity contribution is 6.08. The lowest BCUT2D eigenvalue weighted by molar-refractivity contribution is -0.401. The fourth-order valence-electron chi connectivity index (χ4n) is 9.99. The summed E-state index contributed by atoms with van der Waals surface area (Å²) in [6, 6.07) is 44.9. The lowest BCUT2D eigenvalue weighted by Crippen LogP contribution is -2.36. The fraction of sp³-hybridized carbons (Fsp3) is 0.229. The molecular formula is C48H44FN2+. The molecule has 252 valence electrons. The first-order chi connectivity index (χ1) is 25.0. The third-order valence-electron chi connectivity index (χ3n) is 12.2. The van der Waals surface area contributed by atoms with E-state index in [4.69, 9.17) is 0 Å². The second kappa shape index (κ2) is 12.5. The van der Waals surface area contributed by atoms with Gasteiger partial charge in [0.05, 0.1) is 5.41 Å². The van der Waals surface area contributed by atoms with Crippen LogP contribution in [-0.4, -0.2) is 24.4 Å². The second-order valence-electron chi connectivity index (χ2n) is 15.0. The van der Waals surface area contributed by atoms with E-state index in [2.05, 4.69) is 145 Å². The molecule has 3 heteroatoms. The summed E-state index contributed by atoms with van der Waals surface area (Å²) >= 11 is 0. The number of hydrogen-bond donors (Lipinski definition) is 0. The Bertz CT molecular complexity index is 2380. The summed E-state index contributed by atoms with van der Waals surface area (Å²) < 4.78 is 16.7. The first kappa shape index (κ1) is 31.7. The Hall–Kier alpha value is -5.28. The maximum Gasteiger partial charge on any atom is 0.210 e. The average molecular weight is 668 g/mol. The fourth-order valence-corrected chi connectivity index (χ4v) is 9.99. The van der Waals surface area contributed by atoms with Crippen molar-refractivity contribution in [1.82, 2.24) is 0 Å². The van der Waals surface area contributed by atoms with E-state index >= 15 is 0 Å². The molecule has 1 unspecified atom stereocenters. The van der Waals surface area contributed by atoms with Gasteiger partial charge in [-0.05, 0) is 94.3 Å². The van der Waals surface area contributed by atoms with E-state index in [9.17, 15) is 4.39 Å². The quantitative estimate of drug-likeness (QED) is 0.160. The van der Waals surface area contributed by atoms with Gasteiger partial charge in [-0.25, -0.2) is 4.39 Å². The molecular weight excluding hydrogens is 624 g/mol. The number of fused-ring (bicyclic) bond motifs is 7. The normalized spacial score (nSPS) is 20.3. The zero-order valence-corrected chi connectivity index (χ0v) is 29.6. The smallest absolute Gasteiger partial charge is 0.210 e. The van der Waals surface area contributed by atoms with Crippen molar-refractivity contribution in [2.24, 2.45) is 0 Å². The highest BCUT2D eigenvalue weighted by atomic mass is 19.1. The van der Waals surface area contributed by atoms with Gasteiger partial charge in [-0.15, -0.1) is 0 Å². The van der Waals surface area contributed by atoms with Gasteiger partial charge in [0, 0.05) is 41.6 Å². The molecule has 6 aromatic carbocycles. The lowest BCUT2D eigenvalue weighted by atomic mass is 9.66. The van der Waals surface area contributed by atoms with Crippen LogP contribution >= 0.6 is 0 Å². The average Bonchev–Trinajstić information content (AvgIpc) is 3.53. The van der Waals surface area contributed by atoms with Gasteiger partial charge >= 0.3 is 0 Å². The van der Waals surface area contributed by atoms with Crippen molar-refractivity contribution in [3.63, 3.8) is 0 Å². The molecule has 3 aliphatic rings. The van der Waals surface area contributed by atoms with Crippen molar-refractivity contribution in [3.05, 3.63) is 179 Å². The Morgan fingerprint density at radius 3 is 1.98 bits per heavy atom. The molecule has 51 heavy (non-hydrogen) atoms. The van der Waals surface area contributed by atoms with E-state index in [1.54, 1.807) is 12.1 Å². The summed E-state index contributed by atoms with van der Waals surface area (Å²) in [5.74, 6) is -0.202. The molecule has 0 bridgehead atoms. The Kier molecular flexibility index (Phi) is 7.76. The number of likely N-dealkylation sites (N-methyl/N-ethyl adjacent to an activating group) is 1. The van der Waals surface area contributed by atoms with Crippen molar-refractivity contribution >= 4 is 38.6 Å². The Balaban J connectivity index is 1.23. The highest BCUT2D eigenvalue weighted by Gasteiger charge is 2.51. The Morgan fingerprint density at radius 2 is 1.27 bits per heavy atom. The van der Waals surface area contributed by atoms with Crippen LogP contribution in [0.5, 0.6) is 0 Å². The van der Waals surface area contributed by atoms with E-state index in [0.717, 1.165) is 18.4 Å². The van der Waals surface area contributed by atoms with E-state index < -0.39 is 0 Å². The van der Waals surface area contributed by atoms with E-state index in [1.165, 1.54) is 93.1 Å². The standard InChI is InChI=1S/C48H44FN2/c1-50-41-28-24-36-16-7-9-18-39(36)45(41)47(30-11-4-12-31-47)43(50)20-13-21-44-48(32-34-14-5-3-6-15-34,33-35-22-26-38(49)27-23-35)46-40-19-10-8-17-37(40)25-29-42(46)51(44)2/h3,5-10,13-29H,4,11-12,30-33H2,1-2H3/q+1. The van der Waals surface area contributed by atoms with Crippen LogP contribution in [0.4, 0.5) is 15.8 Å². The van der Waals surface area contributed by atoms with Gasteiger partial charge < -0.3 is 4.90 Å². The third-order valence-corrected chi connectivity index (χ3v) is 12.2. The second-order valence-corrected chi connectivity index (χ2v) is 15.0. The molecule has 6 aromatic rings. The molecule has 0 amide bonds. The molecule has 2 nitrogen and oxygen atoms in total. The molecule has 1 spiro atoms. The van der Waals surface area contributed by atoms with Crippen LogP contribution in [0, 0.1) is 5.82 Å². The molecule has 1 fully saturated rings. The first-order valence-electron chi connectivity index (χ1n) is 18.6. The van der Waals surface area contributed by atoms with Crippen molar-refractivity contribution in [1.29, 1.82) is 0 Å². The summed E-state index contributed by atoms with van der Waals surface area (Å²) in [5.41, 5.74) is 10.2. The maximum absolute atomic E-state index is 14.3. The van der Waals surface area contributed by atoms with Crippen LogP contribution in [0.2, 0.25) is 0 Å².